The van der Waals surface area contributed by atoms with E-state index in [2.05, 4.69) is 26.1 Å². The monoisotopic (exact) mass is 227 g/mol. The summed E-state index contributed by atoms with van der Waals surface area (Å²) < 4.78 is 5.20. The average molecular weight is 227 g/mol. The molecule has 0 aromatic rings. The molecule has 2 heteroatoms. The highest BCUT2D eigenvalue weighted by Crippen LogP contribution is 2.47. The molecule has 0 aromatic carbocycles. The molecular formula is C14H29NO. The maximum atomic E-state index is 5.20. The second kappa shape index (κ2) is 6.61. The third kappa shape index (κ3) is 3.74. The molecule has 1 unspecified atom stereocenters. The highest BCUT2D eigenvalue weighted by molar-refractivity contribution is 4.93. The molecule has 0 aromatic heterocycles. The molecule has 0 spiro atoms. The van der Waals surface area contributed by atoms with Crippen LogP contribution in [0.2, 0.25) is 0 Å². The summed E-state index contributed by atoms with van der Waals surface area (Å²) in [5.41, 5.74) is 0.577. The first kappa shape index (κ1) is 14.0. The molecule has 0 bridgehead atoms. The van der Waals surface area contributed by atoms with E-state index in [1.165, 1.54) is 32.2 Å². The minimum Gasteiger partial charge on any atom is -0.385 e. The van der Waals surface area contributed by atoms with Gasteiger partial charge in [0, 0.05) is 20.3 Å². The number of methoxy groups -OCH3 is 1. The van der Waals surface area contributed by atoms with E-state index in [9.17, 15) is 0 Å². The van der Waals surface area contributed by atoms with Crippen molar-refractivity contribution in [2.45, 2.75) is 46.5 Å². The van der Waals surface area contributed by atoms with E-state index >= 15 is 0 Å². The van der Waals surface area contributed by atoms with Crippen molar-refractivity contribution in [2.24, 2.45) is 17.3 Å². The molecule has 0 heterocycles. The molecule has 16 heavy (non-hydrogen) atoms. The number of nitrogens with one attached hydrogen (secondary N) is 1. The van der Waals surface area contributed by atoms with Gasteiger partial charge in [0.2, 0.25) is 0 Å². The Kier molecular flexibility index (Phi) is 5.77. The molecule has 0 saturated heterocycles. The molecule has 1 aliphatic carbocycles. The second-order valence-corrected chi connectivity index (χ2v) is 5.92. The number of hydrogen-bond donors (Lipinski definition) is 1. The van der Waals surface area contributed by atoms with Gasteiger partial charge in [0.1, 0.15) is 0 Å². The summed E-state index contributed by atoms with van der Waals surface area (Å²) in [7, 11) is 1.80. The van der Waals surface area contributed by atoms with E-state index in [4.69, 9.17) is 4.74 Å². The summed E-state index contributed by atoms with van der Waals surface area (Å²) in [6.07, 6.45) is 5.44. The molecule has 1 atom stereocenters. The van der Waals surface area contributed by atoms with Gasteiger partial charge in [0.15, 0.2) is 0 Å². The highest BCUT2D eigenvalue weighted by Gasteiger charge is 2.40. The SMILES string of the molecule is COCCC(C)C1(CNCC(C)C)CCC1. The minimum absolute atomic E-state index is 0.577. The Morgan fingerprint density at radius 2 is 1.94 bits per heavy atom. The summed E-state index contributed by atoms with van der Waals surface area (Å²) >= 11 is 0. The second-order valence-electron chi connectivity index (χ2n) is 5.92. The largest absolute Gasteiger partial charge is 0.385 e. The maximum Gasteiger partial charge on any atom is 0.0465 e. The number of hydrogen-bond acceptors (Lipinski definition) is 2. The predicted octanol–water partition coefficient (Wildman–Crippen LogP) is 3.07. The van der Waals surface area contributed by atoms with Crippen LogP contribution in [0.1, 0.15) is 46.5 Å². The summed E-state index contributed by atoms with van der Waals surface area (Å²) in [6.45, 7) is 10.2. The van der Waals surface area contributed by atoms with E-state index in [0.29, 0.717) is 5.41 Å². The van der Waals surface area contributed by atoms with E-state index in [1.807, 2.05) is 0 Å². The van der Waals surface area contributed by atoms with Gasteiger partial charge in [-0.2, -0.15) is 0 Å². The van der Waals surface area contributed by atoms with Crippen LogP contribution in [0.15, 0.2) is 0 Å². The molecule has 1 saturated carbocycles. The van der Waals surface area contributed by atoms with Crippen molar-refractivity contribution in [1.29, 1.82) is 0 Å². The fourth-order valence-corrected chi connectivity index (χ4v) is 2.69. The molecule has 1 aliphatic rings. The van der Waals surface area contributed by atoms with Crippen molar-refractivity contribution in [3.63, 3.8) is 0 Å². The predicted molar refractivity (Wildman–Crippen MR) is 69.6 cm³/mol. The van der Waals surface area contributed by atoms with Gasteiger partial charge in [0.05, 0.1) is 0 Å². The van der Waals surface area contributed by atoms with Crippen molar-refractivity contribution in [1.82, 2.24) is 5.32 Å². The van der Waals surface area contributed by atoms with E-state index in [-0.39, 0.29) is 0 Å². The van der Waals surface area contributed by atoms with Crippen molar-refractivity contribution >= 4 is 0 Å². The van der Waals surface area contributed by atoms with Crippen LogP contribution in [0.3, 0.4) is 0 Å². The molecular weight excluding hydrogens is 198 g/mol. The standard InChI is InChI=1S/C14H29NO/c1-12(2)10-15-11-14(7-5-8-14)13(3)6-9-16-4/h12-13,15H,5-11H2,1-4H3. The highest BCUT2D eigenvalue weighted by atomic mass is 16.5. The van der Waals surface area contributed by atoms with E-state index in [1.54, 1.807) is 7.11 Å². The van der Waals surface area contributed by atoms with Crippen molar-refractivity contribution in [3.05, 3.63) is 0 Å². The third-order valence-corrected chi connectivity index (χ3v) is 4.18. The summed E-state index contributed by atoms with van der Waals surface area (Å²) in [4.78, 5) is 0. The lowest BCUT2D eigenvalue weighted by Crippen LogP contribution is -2.45. The number of rotatable bonds is 8. The quantitative estimate of drug-likeness (QED) is 0.688. The van der Waals surface area contributed by atoms with Crippen molar-refractivity contribution in [2.75, 3.05) is 26.8 Å². The molecule has 96 valence electrons. The Bertz CT molecular complexity index is 187. The van der Waals surface area contributed by atoms with Gasteiger partial charge < -0.3 is 10.1 Å². The molecule has 0 aliphatic heterocycles. The first-order valence-corrected chi connectivity index (χ1v) is 6.80. The molecule has 2 nitrogen and oxygen atoms in total. The van der Waals surface area contributed by atoms with Gasteiger partial charge in [0.25, 0.3) is 0 Å². The van der Waals surface area contributed by atoms with Crippen LogP contribution in [0.5, 0.6) is 0 Å². The van der Waals surface area contributed by atoms with Crippen LogP contribution in [-0.4, -0.2) is 26.8 Å². The third-order valence-electron chi connectivity index (χ3n) is 4.18. The lowest BCUT2D eigenvalue weighted by molar-refractivity contribution is 0.0367. The zero-order valence-electron chi connectivity index (χ0n) is 11.5. The Morgan fingerprint density at radius 1 is 1.25 bits per heavy atom. The van der Waals surface area contributed by atoms with Crippen molar-refractivity contribution < 1.29 is 4.74 Å². The first-order valence-electron chi connectivity index (χ1n) is 6.80. The smallest absolute Gasteiger partial charge is 0.0465 e. The summed E-state index contributed by atoms with van der Waals surface area (Å²) in [6, 6.07) is 0. The van der Waals surface area contributed by atoms with Crippen LogP contribution >= 0.6 is 0 Å². The van der Waals surface area contributed by atoms with Crippen LogP contribution in [-0.2, 0) is 4.74 Å². The number of ether oxygens (including phenoxy) is 1. The van der Waals surface area contributed by atoms with Crippen LogP contribution in [0.25, 0.3) is 0 Å². The topological polar surface area (TPSA) is 21.3 Å². The Hall–Kier alpha value is -0.0800. The lowest BCUT2D eigenvalue weighted by atomic mass is 9.60. The summed E-state index contributed by atoms with van der Waals surface area (Å²) in [5, 5.41) is 3.64. The molecule has 1 rings (SSSR count). The fraction of sp³-hybridized carbons (Fsp3) is 1.00. The minimum atomic E-state index is 0.577. The van der Waals surface area contributed by atoms with Gasteiger partial charge in [-0.15, -0.1) is 0 Å². The normalized spacial score (nSPS) is 20.8. The van der Waals surface area contributed by atoms with Crippen molar-refractivity contribution in [3.8, 4) is 0 Å². The fourth-order valence-electron chi connectivity index (χ4n) is 2.69. The van der Waals surface area contributed by atoms with Gasteiger partial charge in [-0.05, 0) is 43.1 Å². The molecule has 0 amide bonds. The van der Waals surface area contributed by atoms with Gasteiger partial charge in [-0.3, -0.25) is 0 Å². The molecule has 1 fully saturated rings. The molecule has 1 N–H and O–H groups in total. The van der Waals surface area contributed by atoms with E-state index in [0.717, 1.165) is 25.0 Å². The summed E-state index contributed by atoms with van der Waals surface area (Å²) in [5.74, 6) is 1.55. The van der Waals surface area contributed by atoms with Crippen LogP contribution < -0.4 is 5.32 Å². The maximum absolute atomic E-state index is 5.20. The van der Waals surface area contributed by atoms with Crippen LogP contribution in [0, 0.1) is 17.3 Å². The Morgan fingerprint density at radius 3 is 2.38 bits per heavy atom. The van der Waals surface area contributed by atoms with Gasteiger partial charge in [-0.25, -0.2) is 0 Å². The van der Waals surface area contributed by atoms with E-state index < -0.39 is 0 Å². The average Bonchev–Trinajstić information content (AvgIpc) is 2.18. The first-order chi connectivity index (χ1) is 7.60. The molecule has 0 radical (unpaired) electrons. The van der Waals surface area contributed by atoms with Crippen LogP contribution in [0.4, 0.5) is 0 Å². The lowest BCUT2D eigenvalue weighted by Gasteiger charge is -2.47. The Labute approximate surface area is 101 Å². The van der Waals surface area contributed by atoms with Gasteiger partial charge in [-0.1, -0.05) is 27.2 Å². The van der Waals surface area contributed by atoms with Gasteiger partial charge >= 0.3 is 0 Å². The zero-order chi connectivity index (χ0) is 12.0. The Balaban J connectivity index is 2.31. The zero-order valence-corrected chi connectivity index (χ0v) is 11.5.